The molecule has 0 saturated heterocycles. The maximum atomic E-state index is 12.0. The van der Waals surface area contributed by atoms with Crippen molar-refractivity contribution in [1.82, 2.24) is 0 Å². The third-order valence-electron chi connectivity index (χ3n) is 5.01. The largest absolute Gasteiger partial charge is 0.454 e. The van der Waals surface area contributed by atoms with Gasteiger partial charge in [0.15, 0.2) is 18.1 Å². The average molecular weight is 430 g/mol. The van der Waals surface area contributed by atoms with Crippen molar-refractivity contribution in [3.8, 4) is 22.6 Å². The molecular formula is C24H18N2O6. The summed E-state index contributed by atoms with van der Waals surface area (Å²) in [5.41, 5.74) is 5.16. The van der Waals surface area contributed by atoms with E-state index in [0.717, 1.165) is 22.3 Å². The number of anilines is 1. The first kappa shape index (κ1) is 19.6. The average Bonchev–Trinajstić information content (AvgIpc) is 3.40. The van der Waals surface area contributed by atoms with Gasteiger partial charge in [-0.15, -0.1) is 0 Å². The van der Waals surface area contributed by atoms with E-state index in [1.165, 1.54) is 0 Å². The van der Waals surface area contributed by atoms with E-state index in [1.807, 2.05) is 48.5 Å². The van der Waals surface area contributed by atoms with Crippen LogP contribution in [0.4, 0.5) is 5.69 Å². The fourth-order valence-electron chi connectivity index (χ4n) is 3.60. The minimum atomic E-state index is -0.699. The van der Waals surface area contributed by atoms with Crippen LogP contribution < -0.4 is 14.8 Å². The van der Waals surface area contributed by atoms with Gasteiger partial charge < -0.3 is 24.4 Å². The van der Waals surface area contributed by atoms with Crippen molar-refractivity contribution < 1.29 is 28.6 Å². The molecule has 160 valence electrons. The first-order valence-corrected chi connectivity index (χ1v) is 9.93. The lowest BCUT2D eigenvalue weighted by Crippen LogP contribution is -2.22. The lowest BCUT2D eigenvalue weighted by molar-refractivity contribution is -0.151. The van der Waals surface area contributed by atoms with Gasteiger partial charge in [0, 0.05) is 22.9 Å². The molecule has 1 N–H and O–H groups in total. The highest BCUT2D eigenvalue weighted by atomic mass is 16.7. The predicted octanol–water partition coefficient (Wildman–Crippen LogP) is 3.35. The molecule has 0 fully saturated rings. The van der Waals surface area contributed by atoms with Crippen molar-refractivity contribution in [2.45, 2.75) is 0 Å². The van der Waals surface area contributed by atoms with Gasteiger partial charge in [-0.3, -0.25) is 4.79 Å². The van der Waals surface area contributed by atoms with Crippen LogP contribution in [0, 0.1) is 0 Å². The smallest absolute Gasteiger partial charge is 0.347 e. The maximum absolute atomic E-state index is 12.0. The second-order valence-corrected chi connectivity index (χ2v) is 7.08. The Balaban J connectivity index is 1.15. The summed E-state index contributed by atoms with van der Waals surface area (Å²) < 4.78 is 15.5. The molecule has 0 unspecified atom stereocenters. The van der Waals surface area contributed by atoms with Gasteiger partial charge in [0.25, 0.3) is 5.91 Å². The Morgan fingerprint density at radius 1 is 0.844 bits per heavy atom. The molecular weight excluding hydrogens is 412 g/mol. The van der Waals surface area contributed by atoms with Crippen molar-refractivity contribution in [2.24, 2.45) is 5.16 Å². The van der Waals surface area contributed by atoms with Crippen molar-refractivity contribution in [3.05, 3.63) is 77.9 Å². The van der Waals surface area contributed by atoms with Crippen LogP contribution in [0.2, 0.25) is 0 Å². The fourth-order valence-corrected chi connectivity index (χ4v) is 3.60. The molecule has 8 nitrogen and oxygen atoms in total. The second-order valence-electron chi connectivity index (χ2n) is 7.08. The third-order valence-corrected chi connectivity index (χ3v) is 5.01. The number of nitrogens with one attached hydrogen (secondary N) is 1. The lowest BCUT2D eigenvalue weighted by Gasteiger charge is -2.07. The zero-order valence-electron chi connectivity index (χ0n) is 16.9. The van der Waals surface area contributed by atoms with E-state index in [0.29, 0.717) is 22.9 Å². The van der Waals surface area contributed by atoms with E-state index >= 15 is 0 Å². The van der Waals surface area contributed by atoms with Crippen LogP contribution in [0.5, 0.6) is 11.5 Å². The van der Waals surface area contributed by atoms with Gasteiger partial charge in [0.05, 0.1) is 0 Å². The van der Waals surface area contributed by atoms with Crippen molar-refractivity contribution in [1.29, 1.82) is 0 Å². The minimum Gasteiger partial charge on any atom is -0.454 e. The molecule has 2 aliphatic rings. The normalized spacial score (nSPS) is 12.6. The van der Waals surface area contributed by atoms with Crippen LogP contribution in [0.3, 0.4) is 0 Å². The molecule has 0 aromatic heterocycles. The summed E-state index contributed by atoms with van der Waals surface area (Å²) in [6, 6.07) is 20.7. The van der Waals surface area contributed by atoms with Gasteiger partial charge in [0.2, 0.25) is 13.4 Å². The molecule has 8 heteroatoms. The van der Waals surface area contributed by atoms with Crippen LogP contribution in [0.25, 0.3) is 11.1 Å². The molecule has 0 radical (unpaired) electrons. The second kappa shape index (κ2) is 8.43. The summed E-state index contributed by atoms with van der Waals surface area (Å²) >= 11 is 0. The third kappa shape index (κ3) is 3.85. The molecule has 1 heterocycles. The Hall–Kier alpha value is -4.33. The van der Waals surface area contributed by atoms with Crippen molar-refractivity contribution in [2.75, 3.05) is 25.3 Å². The van der Waals surface area contributed by atoms with Gasteiger partial charge in [-0.1, -0.05) is 53.7 Å². The molecule has 0 atom stereocenters. The lowest BCUT2D eigenvalue weighted by atomic mass is 10.1. The summed E-state index contributed by atoms with van der Waals surface area (Å²) in [5, 5.41) is 6.79. The number of carbonyl (C=O) groups is 2. The monoisotopic (exact) mass is 430 g/mol. The topological polar surface area (TPSA) is 95.5 Å². The summed E-state index contributed by atoms with van der Waals surface area (Å²) in [4.78, 5) is 29.3. The highest BCUT2D eigenvalue weighted by Gasteiger charge is 2.24. The van der Waals surface area contributed by atoms with Crippen LogP contribution in [-0.2, 0) is 19.2 Å². The number of fused-ring (bicyclic) bond motifs is 4. The summed E-state index contributed by atoms with van der Waals surface area (Å²) in [7, 11) is 0. The van der Waals surface area contributed by atoms with Gasteiger partial charge >= 0.3 is 5.97 Å². The Bertz CT molecular complexity index is 1190. The van der Waals surface area contributed by atoms with E-state index in [4.69, 9.17) is 19.0 Å². The molecule has 0 spiro atoms. The molecule has 1 aliphatic carbocycles. The highest BCUT2D eigenvalue weighted by molar-refractivity contribution is 6.24. The Labute approximate surface area is 183 Å². The SMILES string of the molecule is O=C(COC(=O)CON=C1c2ccccc2-c2ccccc21)Nc1ccc2c(c1)OCO2. The zero-order valence-corrected chi connectivity index (χ0v) is 16.9. The van der Waals surface area contributed by atoms with Crippen LogP contribution >= 0.6 is 0 Å². The molecule has 3 aromatic carbocycles. The van der Waals surface area contributed by atoms with Crippen molar-refractivity contribution in [3.63, 3.8) is 0 Å². The number of hydrogen-bond donors (Lipinski definition) is 1. The number of esters is 1. The highest BCUT2D eigenvalue weighted by Crippen LogP contribution is 2.36. The van der Waals surface area contributed by atoms with Crippen molar-refractivity contribution >= 4 is 23.3 Å². The first-order chi connectivity index (χ1) is 15.7. The number of oxime groups is 1. The van der Waals surface area contributed by atoms with Crippen LogP contribution in [0.1, 0.15) is 11.1 Å². The Morgan fingerprint density at radius 3 is 2.22 bits per heavy atom. The number of carbonyl (C=O) groups excluding carboxylic acids is 2. The summed E-state index contributed by atoms with van der Waals surface area (Å²) in [5.74, 6) is -0.0278. The molecule has 0 saturated carbocycles. The number of rotatable bonds is 6. The zero-order chi connectivity index (χ0) is 21.9. The Morgan fingerprint density at radius 2 is 1.50 bits per heavy atom. The van der Waals surface area contributed by atoms with Gasteiger partial charge in [0.1, 0.15) is 5.71 Å². The molecule has 32 heavy (non-hydrogen) atoms. The number of benzene rings is 3. The molecule has 3 aromatic rings. The Kier molecular flexibility index (Phi) is 5.17. The molecule has 0 bridgehead atoms. The number of amides is 1. The standard InChI is InChI=1S/C24H18N2O6/c27-22(25-15-9-10-20-21(11-15)31-14-30-20)12-29-23(28)13-32-26-24-18-7-3-1-5-16(18)17-6-2-4-8-19(17)24/h1-11H,12-14H2,(H,25,27). The van der Waals surface area contributed by atoms with Crippen LogP contribution in [-0.4, -0.2) is 37.6 Å². The number of nitrogens with zero attached hydrogens (tertiary/aromatic N) is 1. The van der Waals surface area contributed by atoms with Crippen LogP contribution in [0.15, 0.2) is 71.9 Å². The predicted molar refractivity (Wildman–Crippen MR) is 116 cm³/mol. The van der Waals surface area contributed by atoms with E-state index in [1.54, 1.807) is 18.2 Å². The summed E-state index contributed by atoms with van der Waals surface area (Å²) in [6.07, 6.45) is 0. The quantitative estimate of drug-likeness (QED) is 0.372. The van der Waals surface area contributed by atoms with Gasteiger partial charge in [-0.2, -0.15) is 0 Å². The number of hydrogen-bond acceptors (Lipinski definition) is 7. The molecule has 1 aliphatic heterocycles. The molecule has 5 rings (SSSR count). The first-order valence-electron chi connectivity index (χ1n) is 9.93. The van der Waals surface area contributed by atoms with E-state index in [9.17, 15) is 9.59 Å². The van der Waals surface area contributed by atoms with E-state index in [2.05, 4.69) is 10.5 Å². The van der Waals surface area contributed by atoms with Gasteiger partial charge in [-0.05, 0) is 23.3 Å². The fraction of sp³-hybridized carbons (Fsp3) is 0.125. The molecule has 1 amide bonds. The maximum Gasteiger partial charge on any atom is 0.347 e. The van der Waals surface area contributed by atoms with E-state index < -0.39 is 25.1 Å². The number of ether oxygens (including phenoxy) is 3. The van der Waals surface area contributed by atoms with Gasteiger partial charge in [-0.25, -0.2) is 4.79 Å². The minimum absolute atomic E-state index is 0.145. The van der Waals surface area contributed by atoms with E-state index in [-0.39, 0.29) is 6.79 Å². The summed E-state index contributed by atoms with van der Waals surface area (Å²) in [6.45, 7) is -0.713.